The van der Waals surface area contributed by atoms with Crippen LogP contribution in [0.3, 0.4) is 0 Å². The topological polar surface area (TPSA) is 65.2 Å². The predicted octanol–water partition coefficient (Wildman–Crippen LogP) is 3.39. The lowest BCUT2D eigenvalue weighted by molar-refractivity contribution is 0.0311. The monoisotopic (exact) mass is 286 g/mol. The number of benzene rings is 1. The Hall–Kier alpha value is -2.17. The van der Waals surface area contributed by atoms with Crippen molar-refractivity contribution in [3.05, 3.63) is 35.7 Å². The number of esters is 1. The second kappa shape index (κ2) is 5.68. The van der Waals surface area contributed by atoms with E-state index >= 15 is 0 Å². The molecule has 1 saturated carbocycles. The maximum Gasteiger partial charge on any atom is 0.339 e. The quantitative estimate of drug-likeness (QED) is 0.809. The Kier molecular flexibility index (Phi) is 3.73. The number of nitrogens with zero attached hydrogens (tertiary/aromatic N) is 2. The summed E-state index contributed by atoms with van der Waals surface area (Å²) in [4.78, 5) is 12.4. The van der Waals surface area contributed by atoms with Gasteiger partial charge in [-0.3, -0.25) is 0 Å². The molecule has 1 aromatic carbocycles. The third kappa shape index (κ3) is 2.96. The fourth-order valence-corrected chi connectivity index (χ4v) is 2.73. The van der Waals surface area contributed by atoms with E-state index in [4.69, 9.17) is 9.15 Å². The van der Waals surface area contributed by atoms with Crippen molar-refractivity contribution < 1.29 is 13.9 Å². The number of carbonyl (C=O) groups excluding carboxylic acids is 1. The Morgan fingerprint density at radius 2 is 2.10 bits per heavy atom. The zero-order valence-electron chi connectivity index (χ0n) is 12.2. The van der Waals surface area contributed by atoms with E-state index in [9.17, 15) is 4.79 Å². The van der Waals surface area contributed by atoms with Crippen molar-refractivity contribution in [1.29, 1.82) is 0 Å². The van der Waals surface area contributed by atoms with Crippen LogP contribution < -0.4 is 0 Å². The molecule has 0 aliphatic heterocycles. The van der Waals surface area contributed by atoms with Gasteiger partial charge in [0.05, 0.1) is 11.1 Å². The van der Waals surface area contributed by atoms with Crippen molar-refractivity contribution in [3.8, 4) is 11.5 Å². The van der Waals surface area contributed by atoms with Crippen LogP contribution in [0.25, 0.3) is 11.5 Å². The Morgan fingerprint density at radius 1 is 1.29 bits per heavy atom. The minimum atomic E-state index is -0.319. The normalized spacial score (nSPS) is 21.4. The summed E-state index contributed by atoms with van der Waals surface area (Å²) >= 11 is 0. The van der Waals surface area contributed by atoms with Crippen LogP contribution in [0.4, 0.5) is 0 Å². The third-order valence-electron chi connectivity index (χ3n) is 3.82. The highest BCUT2D eigenvalue weighted by atomic mass is 16.5. The highest BCUT2D eigenvalue weighted by Gasteiger charge is 2.26. The molecular weight excluding hydrogens is 268 g/mol. The summed E-state index contributed by atoms with van der Waals surface area (Å²) in [6.07, 6.45) is 3.01. The van der Waals surface area contributed by atoms with E-state index in [1.54, 1.807) is 25.1 Å². The maximum atomic E-state index is 12.4. The predicted molar refractivity (Wildman–Crippen MR) is 76.7 cm³/mol. The van der Waals surface area contributed by atoms with Gasteiger partial charge in [0.2, 0.25) is 11.8 Å². The molecule has 5 heteroatoms. The second-order valence-corrected chi connectivity index (χ2v) is 5.62. The SMILES string of the molecule is Cc1nnc(-c2ccccc2C(=O)OC2CCC(C)C2)o1. The molecule has 0 N–H and O–H groups in total. The first-order valence-corrected chi connectivity index (χ1v) is 7.24. The molecule has 2 aromatic rings. The second-order valence-electron chi connectivity index (χ2n) is 5.62. The van der Waals surface area contributed by atoms with Gasteiger partial charge in [0.1, 0.15) is 6.10 Å². The van der Waals surface area contributed by atoms with E-state index in [1.807, 2.05) is 6.07 Å². The molecule has 1 aliphatic rings. The zero-order valence-corrected chi connectivity index (χ0v) is 12.2. The first-order chi connectivity index (χ1) is 10.1. The summed E-state index contributed by atoms with van der Waals surface area (Å²) < 4.78 is 11.0. The Morgan fingerprint density at radius 3 is 2.76 bits per heavy atom. The van der Waals surface area contributed by atoms with Gasteiger partial charge in [0.25, 0.3) is 0 Å². The molecule has 2 unspecified atom stereocenters. The maximum absolute atomic E-state index is 12.4. The Balaban J connectivity index is 1.83. The molecule has 0 bridgehead atoms. The van der Waals surface area contributed by atoms with E-state index in [-0.39, 0.29) is 12.1 Å². The van der Waals surface area contributed by atoms with Gasteiger partial charge in [0, 0.05) is 6.92 Å². The molecule has 21 heavy (non-hydrogen) atoms. The average molecular weight is 286 g/mol. The van der Waals surface area contributed by atoms with Crippen LogP contribution in [0.1, 0.15) is 42.4 Å². The molecule has 0 radical (unpaired) electrons. The lowest BCUT2D eigenvalue weighted by Crippen LogP contribution is -2.16. The number of aryl methyl sites for hydroxylation is 1. The van der Waals surface area contributed by atoms with E-state index in [2.05, 4.69) is 17.1 Å². The first-order valence-electron chi connectivity index (χ1n) is 7.24. The van der Waals surface area contributed by atoms with Crippen molar-refractivity contribution >= 4 is 5.97 Å². The van der Waals surface area contributed by atoms with Crippen LogP contribution >= 0.6 is 0 Å². The van der Waals surface area contributed by atoms with Crippen LogP contribution in [-0.2, 0) is 4.74 Å². The summed E-state index contributed by atoms with van der Waals surface area (Å²) in [6, 6.07) is 7.17. The summed E-state index contributed by atoms with van der Waals surface area (Å²) in [7, 11) is 0. The zero-order chi connectivity index (χ0) is 14.8. The highest BCUT2D eigenvalue weighted by Crippen LogP contribution is 2.29. The van der Waals surface area contributed by atoms with E-state index in [0.29, 0.717) is 28.8 Å². The number of carbonyl (C=O) groups is 1. The molecule has 0 spiro atoms. The molecular formula is C16H18N2O3. The van der Waals surface area contributed by atoms with Gasteiger partial charge in [-0.05, 0) is 37.3 Å². The molecule has 1 aromatic heterocycles. The standard InChI is InChI=1S/C16H18N2O3/c1-10-7-8-12(9-10)21-16(19)14-6-4-3-5-13(14)15-18-17-11(2)20-15/h3-6,10,12H,7-9H2,1-2H3. The van der Waals surface area contributed by atoms with Crippen LogP contribution in [0.5, 0.6) is 0 Å². The van der Waals surface area contributed by atoms with E-state index in [1.165, 1.54) is 0 Å². The highest BCUT2D eigenvalue weighted by molar-refractivity contribution is 5.96. The Labute approximate surface area is 123 Å². The largest absolute Gasteiger partial charge is 0.459 e. The van der Waals surface area contributed by atoms with Gasteiger partial charge < -0.3 is 9.15 Å². The average Bonchev–Trinajstić information content (AvgIpc) is 3.07. The fraction of sp³-hybridized carbons (Fsp3) is 0.438. The molecule has 0 amide bonds. The van der Waals surface area contributed by atoms with Crippen molar-refractivity contribution in [3.63, 3.8) is 0 Å². The molecule has 2 atom stereocenters. The summed E-state index contributed by atoms with van der Waals surface area (Å²) in [5.74, 6) is 1.12. The first kappa shape index (κ1) is 13.8. The van der Waals surface area contributed by atoms with Crippen molar-refractivity contribution in [2.24, 2.45) is 5.92 Å². The van der Waals surface area contributed by atoms with Gasteiger partial charge in [-0.2, -0.15) is 0 Å². The van der Waals surface area contributed by atoms with Crippen molar-refractivity contribution in [2.45, 2.75) is 39.2 Å². The fourth-order valence-electron chi connectivity index (χ4n) is 2.73. The molecule has 5 nitrogen and oxygen atoms in total. The number of ether oxygens (including phenoxy) is 1. The van der Waals surface area contributed by atoms with Gasteiger partial charge in [-0.1, -0.05) is 19.1 Å². The van der Waals surface area contributed by atoms with Crippen molar-refractivity contribution in [2.75, 3.05) is 0 Å². The molecule has 1 fully saturated rings. The molecule has 1 heterocycles. The third-order valence-corrected chi connectivity index (χ3v) is 3.82. The van der Waals surface area contributed by atoms with E-state index in [0.717, 1.165) is 19.3 Å². The van der Waals surface area contributed by atoms with Crippen LogP contribution in [0, 0.1) is 12.8 Å². The number of aromatic nitrogens is 2. The number of hydrogen-bond donors (Lipinski definition) is 0. The van der Waals surface area contributed by atoms with Gasteiger partial charge in [-0.25, -0.2) is 4.79 Å². The summed E-state index contributed by atoms with van der Waals surface area (Å²) in [5, 5.41) is 7.79. The molecule has 1 aliphatic carbocycles. The van der Waals surface area contributed by atoms with Gasteiger partial charge in [0.15, 0.2) is 0 Å². The lowest BCUT2D eigenvalue weighted by Gasteiger charge is -2.13. The van der Waals surface area contributed by atoms with Crippen LogP contribution in [-0.4, -0.2) is 22.3 Å². The lowest BCUT2D eigenvalue weighted by atomic mass is 10.1. The molecule has 110 valence electrons. The molecule has 0 saturated heterocycles. The van der Waals surface area contributed by atoms with Gasteiger partial charge in [-0.15, -0.1) is 10.2 Å². The number of rotatable bonds is 3. The minimum Gasteiger partial charge on any atom is -0.459 e. The van der Waals surface area contributed by atoms with E-state index < -0.39 is 0 Å². The summed E-state index contributed by atoms with van der Waals surface area (Å²) in [5.41, 5.74) is 1.09. The van der Waals surface area contributed by atoms with Gasteiger partial charge >= 0.3 is 5.97 Å². The summed E-state index contributed by atoms with van der Waals surface area (Å²) in [6.45, 7) is 3.90. The van der Waals surface area contributed by atoms with Crippen LogP contribution in [0.2, 0.25) is 0 Å². The Bertz CT molecular complexity index is 650. The van der Waals surface area contributed by atoms with Crippen molar-refractivity contribution in [1.82, 2.24) is 10.2 Å². The smallest absolute Gasteiger partial charge is 0.339 e. The number of hydrogen-bond acceptors (Lipinski definition) is 5. The molecule has 3 rings (SSSR count). The van der Waals surface area contributed by atoms with Crippen LogP contribution in [0.15, 0.2) is 28.7 Å². The minimum absolute atomic E-state index is 0.0185.